The zero-order chi connectivity index (χ0) is 18.7. The summed E-state index contributed by atoms with van der Waals surface area (Å²) in [6.07, 6.45) is -2.13. The van der Waals surface area contributed by atoms with Gasteiger partial charge >= 0.3 is 12.3 Å². The van der Waals surface area contributed by atoms with Gasteiger partial charge in [0, 0.05) is 11.3 Å². The van der Waals surface area contributed by atoms with E-state index >= 15 is 0 Å². The summed E-state index contributed by atoms with van der Waals surface area (Å²) < 4.78 is 42.5. The largest absolute Gasteiger partial charge is 0.447 e. The molecule has 0 spiro atoms. The Morgan fingerprint density at radius 2 is 1.85 bits per heavy atom. The number of anilines is 1. The molecular weight excluding hydrogens is 347 g/mol. The van der Waals surface area contributed by atoms with Gasteiger partial charge in [-0.15, -0.1) is 0 Å². The van der Waals surface area contributed by atoms with Crippen molar-refractivity contribution >= 4 is 23.6 Å². The van der Waals surface area contributed by atoms with E-state index in [2.05, 4.69) is 0 Å². The monoisotopic (exact) mass is 361 g/mol. The van der Waals surface area contributed by atoms with Crippen molar-refractivity contribution in [3.63, 3.8) is 0 Å². The average molecular weight is 361 g/mol. The highest BCUT2D eigenvalue weighted by Gasteiger charge is 2.29. The highest BCUT2D eigenvalue weighted by Crippen LogP contribution is 2.29. The van der Waals surface area contributed by atoms with Gasteiger partial charge in [0.1, 0.15) is 6.61 Å². The smallest absolute Gasteiger partial charge is 0.416 e. The Morgan fingerprint density at radius 1 is 1.12 bits per heavy atom. The number of carbonyl (C=O) groups is 2. The molecule has 1 heterocycles. The second-order valence-electron chi connectivity index (χ2n) is 5.63. The van der Waals surface area contributed by atoms with Crippen molar-refractivity contribution in [3.05, 3.63) is 71.3 Å². The molecule has 2 aromatic carbocycles. The summed E-state index contributed by atoms with van der Waals surface area (Å²) in [4.78, 5) is 25.3. The fourth-order valence-corrected chi connectivity index (χ4v) is 2.51. The first-order valence-electron chi connectivity index (χ1n) is 7.78. The second-order valence-corrected chi connectivity index (χ2v) is 5.63. The van der Waals surface area contributed by atoms with Crippen LogP contribution in [-0.4, -0.2) is 25.0 Å². The van der Waals surface area contributed by atoms with Gasteiger partial charge in [-0.3, -0.25) is 9.69 Å². The normalized spacial score (nSPS) is 14.7. The number of allylic oxidation sites excluding steroid dienone is 1. The predicted octanol–water partition coefficient (Wildman–Crippen LogP) is 4.56. The zero-order valence-corrected chi connectivity index (χ0v) is 13.5. The molecule has 3 rings (SSSR count). The van der Waals surface area contributed by atoms with Crippen molar-refractivity contribution < 1.29 is 27.5 Å². The van der Waals surface area contributed by atoms with Crippen LogP contribution in [0.3, 0.4) is 0 Å². The Bertz CT molecular complexity index is 857. The summed E-state index contributed by atoms with van der Waals surface area (Å²) in [6, 6.07) is 11.0. The summed E-state index contributed by atoms with van der Waals surface area (Å²) in [7, 11) is 0. The molecule has 0 aromatic heterocycles. The standard InChI is InChI=1S/C19H14F3NO3/c20-19(21,22)15-7-4-13(5-8-15)6-9-17(24)14-2-1-3-16(12-14)23-10-11-26-18(23)25/h1-9,12H,10-11H2/b9-6-. The van der Waals surface area contributed by atoms with Gasteiger partial charge < -0.3 is 4.74 Å². The first kappa shape index (κ1) is 17.7. The molecule has 1 saturated heterocycles. The maximum absolute atomic E-state index is 12.5. The van der Waals surface area contributed by atoms with Crippen LogP contribution >= 0.6 is 0 Å². The lowest BCUT2D eigenvalue weighted by atomic mass is 10.1. The summed E-state index contributed by atoms with van der Waals surface area (Å²) in [6.45, 7) is 0.711. The second kappa shape index (κ2) is 7.03. The molecule has 7 heteroatoms. The molecule has 4 nitrogen and oxygen atoms in total. The molecule has 0 radical (unpaired) electrons. The molecule has 0 bridgehead atoms. The van der Waals surface area contributed by atoms with Gasteiger partial charge in [0.25, 0.3) is 0 Å². The SMILES string of the molecule is O=C(/C=C\c1ccc(C(F)(F)F)cc1)c1cccc(N2CCOC2=O)c1. The van der Waals surface area contributed by atoms with Gasteiger partial charge in [0.05, 0.1) is 12.1 Å². The van der Waals surface area contributed by atoms with E-state index in [9.17, 15) is 22.8 Å². The average Bonchev–Trinajstić information content (AvgIpc) is 3.05. The minimum absolute atomic E-state index is 0.296. The summed E-state index contributed by atoms with van der Waals surface area (Å²) in [5.41, 5.74) is 0.656. The van der Waals surface area contributed by atoms with Crippen molar-refractivity contribution in [3.8, 4) is 0 Å². The minimum atomic E-state index is -4.39. The van der Waals surface area contributed by atoms with Gasteiger partial charge in [0.15, 0.2) is 5.78 Å². The molecular formula is C19H14F3NO3. The van der Waals surface area contributed by atoms with Gasteiger partial charge in [0.2, 0.25) is 0 Å². The van der Waals surface area contributed by atoms with Gasteiger partial charge in [-0.1, -0.05) is 30.3 Å². The molecule has 0 aliphatic carbocycles. The van der Waals surface area contributed by atoms with Crippen molar-refractivity contribution in [2.24, 2.45) is 0 Å². The number of cyclic esters (lactones) is 1. The number of halogens is 3. The lowest BCUT2D eigenvalue weighted by Gasteiger charge is -2.13. The van der Waals surface area contributed by atoms with Crippen molar-refractivity contribution in [1.82, 2.24) is 0 Å². The summed E-state index contributed by atoms with van der Waals surface area (Å²) in [5.74, 6) is -0.320. The number of hydrogen-bond donors (Lipinski definition) is 0. The van der Waals surface area contributed by atoms with Crippen LogP contribution in [0.4, 0.5) is 23.7 Å². The number of amides is 1. The fourth-order valence-electron chi connectivity index (χ4n) is 2.51. The summed E-state index contributed by atoms with van der Waals surface area (Å²) in [5, 5.41) is 0. The van der Waals surface area contributed by atoms with E-state index in [0.717, 1.165) is 12.1 Å². The lowest BCUT2D eigenvalue weighted by Crippen LogP contribution is -2.23. The van der Waals surface area contributed by atoms with E-state index in [1.807, 2.05) is 0 Å². The number of carbonyl (C=O) groups excluding carboxylic acids is 2. The Kier molecular flexibility index (Phi) is 4.79. The van der Waals surface area contributed by atoms with E-state index in [1.165, 1.54) is 29.2 Å². The Hall–Kier alpha value is -3.09. The quantitative estimate of drug-likeness (QED) is 0.593. The number of ether oxygens (including phenoxy) is 1. The first-order valence-corrected chi connectivity index (χ1v) is 7.78. The Morgan fingerprint density at radius 3 is 2.46 bits per heavy atom. The zero-order valence-electron chi connectivity index (χ0n) is 13.5. The van der Waals surface area contributed by atoms with Crippen molar-refractivity contribution in [2.75, 3.05) is 18.1 Å². The van der Waals surface area contributed by atoms with E-state index in [0.29, 0.717) is 30.0 Å². The van der Waals surface area contributed by atoms with Crippen LogP contribution in [0.2, 0.25) is 0 Å². The van der Waals surface area contributed by atoms with Crippen LogP contribution in [0.15, 0.2) is 54.6 Å². The molecule has 0 atom stereocenters. The molecule has 1 aliphatic heterocycles. The molecule has 1 aliphatic rings. The predicted molar refractivity (Wildman–Crippen MR) is 89.9 cm³/mol. The molecule has 2 aromatic rings. The molecule has 26 heavy (non-hydrogen) atoms. The third-order valence-corrected chi connectivity index (χ3v) is 3.87. The van der Waals surface area contributed by atoms with Gasteiger partial charge in [-0.2, -0.15) is 13.2 Å². The molecule has 134 valence electrons. The Balaban J connectivity index is 1.73. The van der Waals surface area contributed by atoms with Crippen LogP contribution in [0.5, 0.6) is 0 Å². The van der Waals surface area contributed by atoms with Gasteiger partial charge in [-0.05, 0) is 35.9 Å². The Labute approximate surface area is 147 Å². The van der Waals surface area contributed by atoms with Crippen LogP contribution in [0, 0.1) is 0 Å². The van der Waals surface area contributed by atoms with Crippen LogP contribution < -0.4 is 4.90 Å². The molecule has 1 amide bonds. The highest BCUT2D eigenvalue weighted by atomic mass is 19.4. The topological polar surface area (TPSA) is 46.6 Å². The van der Waals surface area contributed by atoms with E-state index < -0.39 is 17.8 Å². The van der Waals surface area contributed by atoms with E-state index in [1.54, 1.807) is 24.3 Å². The van der Waals surface area contributed by atoms with Crippen molar-refractivity contribution in [2.45, 2.75) is 6.18 Å². The lowest BCUT2D eigenvalue weighted by molar-refractivity contribution is -0.137. The maximum atomic E-state index is 12.5. The third-order valence-electron chi connectivity index (χ3n) is 3.87. The number of ketones is 1. The van der Waals surface area contributed by atoms with Crippen LogP contribution in [-0.2, 0) is 10.9 Å². The van der Waals surface area contributed by atoms with Crippen LogP contribution in [0.1, 0.15) is 21.5 Å². The maximum Gasteiger partial charge on any atom is 0.416 e. The highest BCUT2D eigenvalue weighted by molar-refractivity contribution is 6.07. The van der Waals surface area contributed by atoms with E-state index in [-0.39, 0.29) is 5.78 Å². The fraction of sp³-hybridized carbons (Fsp3) is 0.158. The molecule has 0 saturated carbocycles. The van der Waals surface area contributed by atoms with Crippen molar-refractivity contribution in [1.29, 1.82) is 0 Å². The third kappa shape index (κ3) is 3.93. The number of benzene rings is 2. The molecule has 1 fully saturated rings. The number of alkyl halides is 3. The number of rotatable bonds is 4. The molecule has 0 unspecified atom stereocenters. The summed E-state index contributed by atoms with van der Waals surface area (Å²) >= 11 is 0. The van der Waals surface area contributed by atoms with E-state index in [4.69, 9.17) is 4.74 Å². The molecule has 0 N–H and O–H groups in total. The first-order chi connectivity index (χ1) is 12.3. The number of nitrogens with zero attached hydrogens (tertiary/aromatic N) is 1. The van der Waals surface area contributed by atoms with Crippen LogP contribution in [0.25, 0.3) is 6.08 Å². The minimum Gasteiger partial charge on any atom is -0.447 e. The number of hydrogen-bond acceptors (Lipinski definition) is 3. The van der Waals surface area contributed by atoms with Gasteiger partial charge in [-0.25, -0.2) is 4.79 Å².